The molecule has 1 unspecified atom stereocenters. The number of carbonyl (C=O) groups excluding carboxylic acids is 1. The normalized spacial score (nSPS) is 19.6. The third-order valence-electron chi connectivity index (χ3n) is 4.37. The van der Waals surface area contributed by atoms with E-state index in [2.05, 4.69) is 5.32 Å². The van der Waals surface area contributed by atoms with Crippen LogP contribution >= 0.6 is 0 Å². The molecule has 2 N–H and O–H groups in total. The molecule has 7 heteroatoms. The lowest BCUT2D eigenvalue weighted by molar-refractivity contribution is -0.137. The van der Waals surface area contributed by atoms with Crippen molar-refractivity contribution in [2.45, 2.75) is 44.9 Å². The molecule has 2 atom stereocenters. The average molecular weight is 344 g/mol. The van der Waals surface area contributed by atoms with Crippen molar-refractivity contribution in [3.63, 3.8) is 0 Å². The first-order valence-corrected chi connectivity index (χ1v) is 8.09. The predicted octanol–water partition coefficient (Wildman–Crippen LogP) is 3.57. The first-order valence-electron chi connectivity index (χ1n) is 8.09. The monoisotopic (exact) mass is 344 g/mol. The third kappa shape index (κ3) is 4.20. The molecule has 1 saturated heterocycles. The highest BCUT2D eigenvalue weighted by molar-refractivity contribution is 5.75. The Morgan fingerprint density at radius 3 is 2.71 bits per heavy atom. The summed E-state index contributed by atoms with van der Waals surface area (Å²) >= 11 is 0. The van der Waals surface area contributed by atoms with Crippen LogP contribution in [0.2, 0.25) is 0 Å². The third-order valence-corrected chi connectivity index (χ3v) is 4.37. The Kier molecular flexibility index (Phi) is 5.74. The van der Waals surface area contributed by atoms with Crippen molar-refractivity contribution in [3.05, 3.63) is 35.4 Å². The van der Waals surface area contributed by atoms with Crippen LogP contribution < -0.4 is 5.32 Å². The Morgan fingerprint density at radius 2 is 2.12 bits per heavy atom. The average Bonchev–Trinajstić information content (AvgIpc) is 3.00. The number of aliphatic hydroxyl groups excluding tert-OH is 1. The minimum atomic E-state index is -4.42. The number of aliphatic hydroxyl groups is 1. The van der Waals surface area contributed by atoms with Crippen molar-refractivity contribution in [2.75, 3.05) is 13.2 Å². The smallest absolute Gasteiger partial charge is 0.394 e. The summed E-state index contributed by atoms with van der Waals surface area (Å²) in [5.74, 6) is -0.0763. The van der Waals surface area contributed by atoms with Crippen molar-refractivity contribution in [1.82, 2.24) is 10.2 Å². The summed E-state index contributed by atoms with van der Waals surface area (Å²) in [6.07, 6.45) is -2.87. The number of hydrogen-bond donors (Lipinski definition) is 2. The largest absolute Gasteiger partial charge is 0.416 e. The maximum Gasteiger partial charge on any atom is 0.416 e. The van der Waals surface area contributed by atoms with Crippen molar-refractivity contribution in [2.24, 2.45) is 5.92 Å². The molecule has 0 aliphatic carbocycles. The fraction of sp³-hybridized carbons (Fsp3) is 0.588. The molecular weight excluding hydrogens is 321 g/mol. The Balaban J connectivity index is 2.19. The predicted molar refractivity (Wildman–Crippen MR) is 84.4 cm³/mol. The van der Waals surface area contributed by atoms with Gasteiger partial charge in [0, 0.05) is 6.54 Å². The number of nitrogens with one attached hydrogen (secondary N) is 1. The second-order valence-corrected chi connectivity index (χ2v) is 6.47. The second kappa shape index (κ2) is 7.42. The minimum absolute atomic E-state index is 0.0763. The summed E-state index contributed by atoms with van der Waals surface area (Å²) in [7, 11) is 0. The molecule has 0 radical (unpaired) electrons. The van der Waals surface area contributed by atoms with E-state index in [-0.39, 0.29) is 24.6 Å². The van der Waals surface area contributed by atoms with E-state index in [1.54, 1.807) is 11.0 Å². The number of benzene rings is 1. The summed E-state index contributed by atoms with van der Waals surface area (Å²) in [6, 6.07) is 3.95. The van der Waals surface area contributed by atoms with Gasteiger partial charge >= 0.3 is 12.2 Å². The van der Waals surface area contributed by atoms with Crippen LogP contribution in [-0.2, 0) is 6.18 Å². The summed E-state index contributed by atoms with van der Waals surface area (Å²) in [4.78, 5) is 14.0. The molecule has 0 aromatic heterocycles. The molecular formula is C17H23F3N2O2. The van der Waals surface area contributed by atoms with E-state index < -0.39 is 17.8 Å². The number of nitrogens with zero attached hydrogens (tertiary/aromatic N) is 1. The molecule has 2 rings (SSSR count). The number of alkyl halides is 3. The lowest BCUT2D eigenvalue weighted by Gasteiger charge is -2.29. The zero-order valence-corrected chi connectivity index (χ0v) is 13.8. The van der Waals surface area contributed by atoms with Crippen LogP contribution in [0, 0.1) is 5.92 Å². The maximum atomic E-state index is 12.9. The fourth-order valence-electron chi connectivity index (χ4n) is 3.05. The Morgan fingerprint density at radius 1 is 1.42 bits per heavy atom. The van der Waals surface area contributed by atoms with E-state index >= 15 is 0 Å². The van der Waals surface area contributed by atoms with E-state index in [0.29, 0.717) is 12.1 Å². The van der Waals surface area contributed by atoms with Crippen LogP contribution in [-0.4, -0.2) is 35.2 Å². The lowest BCUT2D eigenvalue weighted by atomic mass is 9.94. The summed E-state index contributed by atoms with van der Waals surface area (Å²) in [5.41, 5.74) is -0.303. The maximum absolute atomic E-state index is 12.9. The number of amides is 2. The van der Waals surface area contributed by atoms with Gasteiger partial charge in [0.2, 0.25) is 0 Å². The first-order chi connectivity index (χ1) is 11.2. The topological polar surface area (TPSA) is 52.6 Å². The number of hydrogen-bond acceptors (Lipinski definition) is 2. The highest BCUT2D eigenvalue weighted by Gasteiger charge is 2.33. The molecule has 1 aromatic rings. The molecule has 1 aliphatic rings. The molecule has 0 bridgehead atoms. The quantitative estimate of drug-likeness (QED) is 0.877. The summed E-state index contributed by atoms with van der Waals surface area (Å²) in [5, 5.41) is 12.2. The molecule has 1 fully saturated rings. The fourth-order valence-corrected chi connectivity index (χ4v) is 3.05. The van der Waals surface area contributed by atoms with Gasteiger partial charge in [-0.05, 0) is 36.5 Å². The van der Waals surface area contributed by atoms with Gasteiger partial charge in [-0.1, -0.05) is 26.0 Å². The molecule has 0 saturated carbocycles. The van der Waals surface area contributed by atoms with Crippen LogP contribution in [0.25, 0.3) is 0 Å². The number of halogens is 3. The van der Waals surface area contributed by atoms with E-state index in [1.807, 2.05) is 13.8 Å². The van der Waals surface area contributed by atoms with Crippen molar-refractivity contribution in [1.29, 1.82) is 0 Å². The Hall–Kier alpha value is -1.76. The zero-order chi connectivity index (χ0) is 17.9. The van der Waals surface area contributed by atoms with Crippen LogP contribution in [0.3, 0.4) is 0 Å². The van der Waals surface area contributed by atoms with E-state index in [1.165, 1.54) is 6.07 Å². The molecule has 1 heterocycles. The minimum Gasteiger partial charge on any atom is -0.394 e. The van der Waals surface area contributed by atoms with Crippen molar-refractivity contribution < 1.29 is 23.1 Å². The van der Waals surface area contributed by atoms with Gasteiger partial charge in [0.1, 0.15) is 0 Å². The van der Waals surface area contributed by atoms with Gasteiger partial charge < -0.3 is 15.3 Å². The van der Waals surface area contributed by atoms with Gasteiger partial charge in [0.15, 0.2) is 0 Å². The van der Waals surface area contributed by atoms with Crippen LogP contribution in [0.5, 0.6) is 0 Å². The summed E-state index contributed by atoms with van der Waals surface area (Å²) in [6.45, 7) is 4.13. The van der Waals surface area contributed by atoms with Crippen LogP contribution in [0.15, 0.2) is 24.3 Å². The molecule has 4 nitrogen and oxygen atoms in total. The number of rotatable bonds is 4. The molecule has 1 aromatic carbocycles. The molecule has 2 amide bonds. The highest BCUT2D eigenvalue weighted by Crippen LogP contribution is 2.32. The molecule has 0 spiro atoms. The molecule has 24 heavy (non-hydrogen) atoms. The van der Waals surface area contributed by atoms with E-state index in [9.17, 15) is 23.1 Å². The van der Waals surface area contributed by atoms with Crippen molar-refractivity contribution in [3.8, 4) is 0 Å². The number of urea groups is 1. The lowest BCUT2D eigenvalue weighted by Crippen LogP contribution is -2.46. The number of likely N-dealkylation sites (tertiary alicyclic amines) is 1. The van der Waals surface area contributed by atoms with Gasteiger partial charge in [-0.2, -0.15) is 13.2 Å². The molecule has 134 valence electrons. The standard InChI is InChI=1S/C17H23F3N2O2/c1-11(2)15(12-5-3-6-13(9-12)17(18,19)20)21-16(24)22-8-4-7-14(22)10-23/h3,5-6,9,11,14-15,23H,4,7-8,10H2,1-2H3,(H,21,24)/t14-,15?/m0/s1. The van der Waals surface area contributed by atoms with E-state index in [0.717, 1.165) is 25.0 Å². The second-order valence-electron chi connectivity index (χ2n) is 6.47. The van der Waals surface area contributed by atoms with Crippen molar-refractivity contribution >= 4 is 6.03 Å². The van der Waals surface area contributed by atoms with Gasteiger partial charge in [0.05, 0.1) is 24.3 Å². The zero-order valence-electron chi connectivity index (χ0n) is 13.8. The van der Waals surface area contributed by atoms with Gasteiger partial charge in [-0.25, -0.2) is 4.79 Å². The van der Waals surface area contributed by atoms with Crippen LogP contribution in [0.4, 0.5) is 18.0 Å². The first kappa shape index (κ1) is 18.6. The summed E-state index contributed by atoms with van der Waals surface area (Å²) < 4.78 is 38.7. The van der Waals surface area contributed by atoms with Gasteiger partial charge in [-0.15, -0.1) is 0 Å². The van der Waals surface area contributed by atoms with Gasteiger partial charge in [-0.3, -0.25) is 0 Å². The van der Waals surface area contributed by atoms with Crippen LogP contribution in [0.1, 0.15) is 43.9 Å². The molecule has 1 aliphatic heterocycles. The SMILES string of the molecule is CC(C)C(NC(=O)N1CCC[C@H]1CO)c1cccc(C(F)(F)F)c1. The Labute approximate surface area is 139 Å². The highest BCUT2D eigenvalue weighted by atomic mass is 19.4. The van der Waals surface area contributed by atoms with E-state index in [4.69, 9.17) is 0 Å². The Bertz CT molecular complexity index is 575. The number of carbonyl (C=O) groups is 1. The van der Waals surface area contributed by atoms with Gasteiger partial charge in [0.25, 0.3) is 0 Å².